The fraction of sp³-hybridized carbons (Fsp3) is 0.259. The SMILES string of the molecule is Cc1ccc(C(=O)N/C(=C\c2ccc(-c3ccccc3[N+](=O)[O-])o2)C(=O)NCCN2CCOCC2)cc1. The molecule has 2 N–H and O–H groups in total. The molecule has 0 atom stereocenters. The van der Waals surface area contributed by atoms with Gasteiger partial charge in [-0.3, -0.25) is 24.6 Å². The van der Waals surface area contributed by atoms with Crippen LogP contribution in [0.5, 0.6) is 0 Å². The Morgan fingerprint density at radius 1 is 1.05 bits per heavy atom. The largest absolute Gasteiger partial charge is 0.456 e. The quantitative estimate of drug-likeness (QED) is 0.260. The zero-order chi connectivity index (χ0) is 26.2. The van der Waals surface area contributed by atoms with Crippen molar-refractivity contribution >= 4 is 23.6 Å². The molecule has 192 valence electrons. The Labute approximate surface area is 214 Å². The van der Waals surface area contributed by atoms with Crippen molar-refractivity contribution in [3.05, 3.63) is 93.4 Å². The van der Waals surface area contributed by atoms with Gasteiger partial charge in [0.2, 0.25) is 0 Å². The van der Waals surface area contributed by atoms with E-state index in [1.54, 1.807) is 42.5 Å². The van der Waals surface area contributed by atoms with Crippen LogP contribution in [0.2, 0.25) is 0 Å². The summed E-state index contributed by atoms with van der Waals surface area (Å²) in [4.78, 5) is 39.0. The molecule has 1 fully saturated rings. The number of rotatable bonds is 9. The van der Waals surface area contributed by atoms with Crippen LogP contribution in [-0.4, -0.2) is 61.0 Å². The number of carbonyl (C=O) groups excluding carboxylic acids is 2. The number of para-hydroxylation sites is 1. The molecule has 1 saturated heterocycles. The molecular weight excluding hydrogens is 476 g/mol. The number of benzene rings is 2. The topological polar surface area (TPSA) is 127 Å². The van der Waals surface area contributed by atoms with Gasteiger partial charge in [0.05, 0.1) is 23.7 Å². The number of ether oxygens (including phenoxy) is 1. The van der Waals surface area contributed by atoms with Gasteiger partial charge in [0.1, 0.15) is 17.2 Å². The van der Waals surface area contributed by atoms with Crippen LogP contribution in [0.15, 0.2) is 70.8 Å². The van der Waals surface area contributed by atoms with Gasteiger partial charge in [0.25, 0.3) is 17.5 Å². The third-order valence-electron chi connectivity index (χ3n) is 5.90. The second kappa shape index (κ2) is 12.1. The van der Waals surface area contributed by atoms with Crippen molar-refractivity contribution in [1.29, 1.82) is 0 Å². The lowest BCUT2D eigenvalue weighted by Gasteiger charge is -2.26. The van der Waals surface area contributed by atoms with Gasteiger partial charge in [-0.05, 0) is 37.3 Å². The van der Waals surface area contributed by atoms with E-state index in [1.807, 2.05) is 19.1 Å². The summed E-state index contributed by atoms with van der Waals surface area (Å²) >= 11 is 0. The third-order valence-corrected chi connectivity index (χ3v) is 5.90. The Hall–Kier alpha value is -4.28. The molecule has 1 aliphatic rings. The molecule has 1 aliphatic heterocycles. The van der Waals surface area contributed by atoms with E-state index in [4.69, 9.17) is 9.15 Å². The normalized spacial score (nSPS) is 14.2. The molecule has 0 saturated carbocycles. The van der Waals surface area contributed by atoms with Crippen molar-refractivity contribution in [2.75, 3.05) is 39.4 Å². The highest BCUT2D eigenvalue weighted by Crippen LogP contribution is 2.31. The molecule has 0 aliphatic carbocycles. The number of nitro groups is 1. The molecule has 10 heteroatoms. The number of nitrogens with zero attached hydrogens (tertiary/aromatic N) is 2. The summed E-state index contributed by atoms with van der Waals surface area (Å²) in [7, 11) is 0. The van der Waals surface area contributed by atoms with Crippen LogP contribution in [0.3, 0.4) is 0 Å². The first-order chi connectivity index (χ1) is 17.9. The average Bonchev–Trinajstić information content (AvgIpc) is 3.37. The number of aryl methyl sites for hydroxylation is 1. The third kappa shape index (κ3) is 6.90. The summed E-state index contributed by atoms with van der Waals surface area (Å²) in [5.41, 5.74) is 1.62. The number of hydrogen-bond donors (Lipinski definition) is 2. The van der Waals surface area contributed by atoms with Crippen LogP contribution in [0.4, 0.5) is 5.69 Å². The maximum atomic E-state index is 13.1. The van der Waals surface area contributed by atoms with Crippen LogP contribution in [-0.2, 0) is 9.53 Å². The first-order valence-corrected chi connectivity index (χ1v) is 11.9. The fourth-order valence-electron chi connectivity index (χ4n) is 3.86. The second-order valence-corrected chi connectivity index (χ2v) is 8.56. The smallest absolute Gasteiger partial charge is 0.280 e. The predicted octanol–water partition coefficient (Wildman–Crippen LogP) is 3.38. The number of morpholine rings is 1. The molecule has 2 heterocycles. The molecule has 2 aromatic carbocycles. The minimum Gasteiger partial charge on any atom is -0.456 e. The lowest BCUT2D eigenvalue weighted by atomic mass is 10.1. The Morgan fingerprint density at radius 3 is 2.51 bits per heavy atom. The first-order valence-electron chi connectivity index (χ1n) is 11.9. The van der Waals surface area contributed by atoms with Crippen molar-refractivity contribution in [1.82, 2.24) is 15.5 Å². The van der Waals surface area contributed by atoms with Crippen LogP contribution in [0, 0.1) is 17.0 Å². The molecule has 2 amide bonds. The van der Waals surface area contributed by atoms with Gasteiger partial charge in [-0.25, -0.2) is 0 Å². The van der Waals surface area contributed by atoms with Crippen molar-refractivity contribution in [2.24, 2.45) is 0 Å². The van der Waals surface area contributed by atoms with Gasteiger partial charge in [0, 0.05) is 43.9 Å². The zero-order valence-corrected chi connectivity index (χ0v) is 20.4. The van der Waals surface area contributed by atoms with Crippen LogP contribution in [0.25, 0.3) is 17.4 Å². The van der Waals surface area contributed by atoms with E-state index in [0.717, 1.165) is 18.7 Å². The molecule has 0 bridgehead atoms. The molecule has 0 spiro atoms. The van der Waals surface area contributed by atoms with E-state index in [1.165, 1.54) is 12.1 Å². The summed E-state index contributed by atoms with van der Waals surface area (Å²) in [5.74, 6) is -0.386. The minimum atomic E-state index is -0.484. The van der Waals surface area contributed by atoms with Gasteiger partial charge in [-0.1, -0.05) is 29.8 Å². The van der Waals surface area contributed by atoms with Gasteiger partial charge in [-0.2, -0.15) is 0 Å². The fourth-order valence-corrected chi connectivity index (χ4v) is 3.86. The number of nitrogens with one attached hydrogen (secondary N) is 2. The van der Waals surface area contributed by atoms with Gasteiger partial charge in [0.15, 0.2) is 0 Å². The Balaban J connectivity index is 1.54. The number of amides is 2. The summed E-state index contributed by atoms with van der Waals surface area (Å²) in [6, 6.07) is 16.4. The van der Waals surface area contributed by atoms with Crippen LogP contribution >= 0.6 is 0 Å². The van der Waals surface area contributed by atoms with Crippen molar-refractivity contribution < 1.29 is 23.7 Å². The van der Waals surface area contributed by atoms with E-state index in [9.17, 15) is 19.7 Å². The summed E-state index contributed by atoms with van der Waals surface area (Å²) in [5, 5.41) is 16.9. The Morgan fingerprint density at radius 2 is 1.78 bits per heavy atom. The molecule has 10 nitrogen and oxygen atoms in total. The maximum absolute atomic E-state index is 13.1. The van der Waals surface area contributed by atoms with E-state index in [-0.39, 0.29) is 22.9 Å². The van der Waals surface area contributed by atoms with Gasteiger partial charge >= 0.3 is 0 Å². The standard InChI is InChI=1S/C27H28N4O6/c1-19-6-8-20(9-7-19)26(32)29-23(27(33)28-12-13-30-14-16-36-17-15-30)18-21-10-11-25(37-21)22-4-2-3-5-24(22)31(34)35/h2-11,18H,12-17H2,1H3,(H,28,33)(H,29,32)/b23-18-. The number of nitro benzene ring substituents is 1. The van der Waals surface area contributed by atoms with Gasteiger partial charge < -0.3 is 19.8 Å². The monoisotopic (exact) mass is 504 g/mol. The van der Waals surface area contributed by atoms with Gasteiger partial charge in [-0.15, -0.1) is 0 Å². The van der Waals surface area contributed by atoms with Crippen LogP contribution in [0.1, 0.15) is 21.7 Å². The van der Waals surface area contributed by atoms with Crippen LogP contribution < -0.4 is 10.6 Å². The molecule has 3 aromatic rings. The van der Waals surface area contributed by atoms with Crippen molar-refractivity contribution in [2.45, 2.75) is 6.92 Å². The van der Waals surface area contributed by atoms with E-state index < -0.39 is 16.7 Å². The van der Waals surface area contributed by atoms with E-state index >= 15 is 0 Å². The highest BCUT2D eigenvalue weighted by molar-refractivity contribution is 6.05. The molecule has 0 radical (unpaired) electrons. The number of furan rings is 1. The summed E-state index contributed by atoms with van der Waals surface area (Å²) < 4.78 is 11.2. The molecule has 4 rings (SSSR count). The minimum absolute atomic E-state index is 0.00369. The van der Waals surface area contributed by atoms with E-state index in [2.05, 4.69) is 15.5 Å². The average molecular weight is 505 g/mol. The molecule has 1 aromatic heterocycles. The maximum Gasteiger partial charge on any atom is 0.280 e. The lowest BCUT2D eigenvalue weighted by Crippen LogP contribution is -2.42. The molecule has 0 unspecified atom stereocenters. The number of carbonyl (C=O) groups is 2. The second-order valence-electron chi connectivity index (χ2n) is 8.56. The Kier molecular flexibility index (Phi) is 8.44. The highest BCUT2D eigenvalue weighted by atomic mass is 16.6. The van der Waals surface area contributed by atoms with Crippen molar-refractivity contribution in [3.8, 4) is 11.3 Å². The molecule has 37 heavy (non-hydrogen) atoms. The van der Waals surface area contributed by atoms with Crippen molar-refractivity contribution in [3.63, 3.8) is 0 Å². The molecular formula is C27H28N4O6. The first kappa shape index (κ1) is 25.8. The number of hydrogen-bond acceptors (Lipinski definition) is 7. The predicted molar refractivity (Wildman–Crippen MR) is 138 cm³/mol. The highest BCUT2D eigenvalue weighted by Gasteiger charge is 2.19. The zero-order valence-electron chi connectivity index (χ0n) is 20.4. The summed E-state index contributed by atoms with van der Waals surface area (Å²) in [6.07, 6.45) is 1.41. The van der Waals surface area contributed by atoms with E-state index in [0.29, 0.717) is 37.4 Å². The Bertz CT molecular complexity index is 1290. The summed E-state index contributed by atoms with van der Waals surface area (Å²) in [6.45, 7) is 5.86. The lowest BCUT2D eigenvalue weighted by molar-refractivity contribution is -0.384.